The predicted molar refractivity (Wildman–Crippen MR) is 77.3 cm³/mol. The standard InChI is InChI=1S/C14H15FN4O2/c1-9-7-17-14(21)19(8-9)5-4-13(20)18-12-6-10(16)2-3-11(12)15/h2-3,6-8H,4-5,16H2,1H3,(H,18,20). The molecule has 2 rings (SSSR count). The maximum atomic E-state index is 13.5. The molecular formula is C14H15FN4O2. The van der Waals surface area contributed by atoms with Crippen LogP contribution in [0.25, 0.3) is 0 Å². The summed E-state index contributed by atoms with van der Waals surface area (Å²) in [7, 11) is 0. The Hall–Kier alpha value is -2.70. The number of hydrogen-bond acceptors (Lipinski definition) is 4. The van der Waals surface area contributed by atoms with Crippen LogP contribution in [0.4, 0.5) is 15.8 Å². The zero-order valence-electron chi connectivity index (χ0n) is 11.5. The molecule has 0 bridgehead atoms. The van der Waals surface area contributed by atoms with E-state index in [2.05, 4.69) is 10.3 Å². The van der Waals surface area contributed by atoms with E-state index in [4.69, 9.17) is 5.73 Å². The van der Waals surface area contributed by atoms with Crippen LogP contribution < -0.4 is 16.7 Å². The third kappa shape index (κ3) is 3.88. The van der Waals surface area contributed by atoms with Crippen LogP contribution in [0.1, 0.15) is 12.0 Å². The van der Waals surface area contributed by atoms with Gasteiger partial charge < -0.3 is 11.1 Å². The molecule has 0 aliphatic rings. The zero-order chi connectivity index (χ0) is 15.4. The molecule has 0 saturated carbocycles. The fourth-order valence-corrected chi connectivity index (χ4v) is 1.80. The minimum atomic E-state index is -0.563. The highest BCUT2D eigenvalue weighted by Gasteiger charge is 2.08. The molecule has 0 radical (unpaired) electrons. The second kappa shape index (κ2) is 6.17. The second-order valence-corrected chi connectivity index (χ2v) is 4.64. The first kappa shape index (κ1) is 14.7. The van der Waals surface area contributed by atoms with Crippen LogP contribution in [0.5, 0.6) is 0 Å². The molecule has 0 saturated heterocycles. The summed E-state index contributed by atoms with van der Waals surface area (Å²) in [6, 6.07) is 3.93. The monoisotopic (exact) mass is 290 g/mol. The molecule has 21 heavy (non-hydrogen) atoms. The molecule has 1 aromatic heterocycles. The number of amides is 1. The number of rotatable bonds is 4. The summed E-state index contributed by atoms with van der Waals surface area (Å²) in [4.78, 5) is 26.9. The fourth-order valence-electron chi connectivity index (χ4n) is 1.80. The van der Waals surface area contributed by atoms with Crippen LogP contribution in [0.2, 0.25) is 0 Å². The van der Waals surface area contributed by atoms with Gasteiger partial charge in [0, 0.05) is 31.0 Å². The van der Waals surface area contributed by atoms with E-state index in [0.29, 0.717) is 5.69 Å². The molecule has 0 spiro atoms. The van der Waals surface area contributed by atoms with Crippen LogP contribution in [0.15, 0.2) is 35.4 Å². The minimum Gasteiger partial charge on any atom is -0.399 e. The summed E-state index contributed by atoms with van der Waals surface area (Å²) in [6.45, 7) is 1.97. The number of nitrogens with two attached hydrogens (primary N) is 1. The van der Waals surface area contributed by atoms with Gasteiger partial charge in [0.2, 0.25) is 5.91 Å². The first-order valence-electron chi connectivity index (χ1n) is 6.33. The van der Waals surface area contributed by atoms with Gasteiger partial charge in [0.15, 0.2) is 0 Å². The van der Waals surface area contributed by atoms with Gasteiger partial charge in [-0.15, -0.1) is 0 Å². The Kier molecular flexibility index (Phi) is 4.32. The lowest BCUT2D eigenvalue weighted by Crippen LogP contribution is -2.25. The third-order valence-corrected chi connectivity index (χ3v) is 2.83. The largest absolute Gasteiger partial charge is 0.399 e. The Morgan fingerprint density at radius 3 is 3.00 bits per heavy atom. The van der Waals surface area contributed by atoms with Gasteiger partial charge in [-0.25, -0.2) is 14.2 Å². The van der Waals surface area contributed by atoms with Gasteiger partial charge in [-0.2, -0.15) is 0 Å². The molecule has 0 aliphatic carbocycles. The number of nitrogens with zero attached hydrogens (tertiary/aromatic N) is 2. The predicted octanol–water partition coefficient (Wildman–Crippen LogP) is 1.30. The molecule has 0 atom stereocenters. The number of carbonyl (C=O) groups is 1. The van der Waals surface area contributed by atoms with E-state index in [1.165, 1.54) is 29.0 Å². The van der Waals surface area contributed by atoms with Crippen molar-refractivity contribution in [2.75, 3.05) is 11.1 Å². The molecule has 0 fully saturated rings. The summed E-state index contributed by atoms with van der Waals surface area (Å²) >= 11 is 0. The zero-order valence-corrected chi connectivity index (χ0v) is 11.5. The molecule has 3 N–H and O–H groups in total. The van der Waals surface area contributed by atoms with Gasteiger partial charge in [-0.3, -0.25) is 9.36 Å². The highest BCUT2D eigenvalue weighted by molar-refractivity contribution is 5.91. The number of nitrogen functional groups attached to an aromatic ring is 1. The van der Waals surface area contributed by atoms with Gasteiger partial charge in [-0.1, -0.05) is 0 Å². The van der Waals surface area contributed by atoms with Crippen molar-refractivity contribution in [3.8, 4) is 0 Å². The molecule has 110 valence electrons. The van der Waals surface area contributed by atoms with Crippen molar-refractivity contribution in [1.82, 2.24) is 9.55 Å². The van der Waals surface area contributed by atoms with Gasteiger partial charge >= 0.3 is 5.69 Å². The fraction of sp³-hybridized carbons (Fsp3) is 0.214. The highest BCUT2D eigenvalue weighted by Crippen LogP contribution is 2.17. The van der Waals surface area contributed by atoms with Crippen LogP contribution in [-0.2, 0) is 11.3 Å². The summed E-state index contributed by atoms with van der Waals surface area (Å²) in [5, 5.41) is 2.43. The molecule has 1 heterocycles. The first-order chi connectivity index (χ1) is 9.95. The number of hydrogen-bond donors (Lipinski definition) is 2. The topological polar surface area (TPSA) is 90.0 Å². The third-order valence-electron chi connectivity index (χ3n) is 2.83. The molecule has 1 aromatic carbocycles. The molecule has 6 nitrogen and oxygen atoms in total. The molecule has 1 amide bonds. The molecule has 0 unspecified atom stereocenters. The number of aromatic nitrogens is 2. The average molecular weight is 290 g/mol. The highest BCUT2D eigenvalue weighted by atomic mass is 19.1. The number of carbonyl (C=O) groups excluding carboxylic acids is 1. The normalized spacial score (nSPS) is 10.4. The van der Waals surface area contributed by atoms with Crippen molar-refractivity contribution in [1.29, 1.82) is 0 Å². The number of anilines is 2. The lowest BCUT2D eigenvalue weighted by atomic mass is 10.2. The second-order valence-electron chi connectivity index (χ2n) is 4.64. The Balaban J connectivity index is 2.01. The molecular weight excluding hydrogens is 275 g/mol. The summed E-state index contributed by atoms with van der Waals surface area (Å²) in [6.07, 6.45) is 3.10. The summed E-state index contributed by atoms with van der Waals surface area (Å²) in [5.74, 6) is -0.972. The van der Waals surface area contributed by atoms with Gasteiger partial charge in [0.05, 0.1) is 5.69 Å². The van der Waals surface area contributed by atoms with Crippen LogP contribution in [-0.4, -0.2) is 15.5 Å². The van der Waals surface area contributed by atoms with Crippen LogP contribution >= 0.6 is 0 Å². The van der Waals surface area contributed by atoms with Crippen molar-refractivity contribution < 1.29 is 9.18 Å². The maximum absolute atomic E-state index is 13.5. The Bertz CT molecular complexity index is 727. The van der Waals surface area contributed by atoms with Crippen molar-refractivity contribution in [2.45, 2.75) is 19.9 Å². The van der Waals surface area contributed by atoms with Gasteiger partial charge in [0.25, 0.3) is 0 Å². The van der Waals surface area contributed by atoms with Crippen LogP contribution in [0, 0.1) is 12.7 Å². The van der Waals surface area contributed by atoms with Crippen LogP contribution in [0.3, 0.4) is 0 Å². The minimum absolute atomic E-state index is 0.0229. The number of benzene rings is 1. The van der Waals surface area contributed by atoms with Gasteiger partial charge in [-0.05, 0) is 30.7 Å². The number of aryl methyl sites for hydroxylation is 2. The van der Waals surface area contributed by atoms with E-state index in [-0.39, 0.29) is 18.7 Å². The van der Waals surface area contributed by atoms with E-state index in [0.717, 1.165) is 5.56 Å². The lowest BCUT2D eigenvalue weighted by Gasteiger charge is -2.08. The Morgan fingerprint density at radius 1 is 1.48 bits per heavy atom. The number of nitrogens with one attached hydrogen (secondary N) is 1. The Morgan fingerprint density at radius 2 is 2.24 bits per heavy atom. The smallest absolute Gasteiger partial charge is 0.347 e. The van der Waals surface area contributed by atoms with Crippen molar-refractivity contribution in [3.05, 3.63) is 52.5 Å². The molecule has 0 aliphatic heterocycles. The van der Waals surface area contributed by atoms with E-state index in [9.17, 15) is 14.0 Å². The first-order valence-corrected chi connectivity index (χ1v) is 6.33. The van der Waals surface area contributed by atoms with Crippen molar-refractivity contribution >= 4 is 17.3 Å². The quantitative estimate of drug-likeness (QED) is 0.830. The Labute approximate surface area is 120 Å². The summed E-state index contributed by atoms with van der Waals surface area (Å²) in [5.41, 5.74) is 6.30. The van der Waals surface area contributed by atoms with Gasteiger partial charge in [0.1, 0.15) is 5.82 Å². The van der Waals surface area contributed by atoms with E-state index in [1.54, 1.807) is 13.1 Å². The molecule has 7 heteroatoms. The molecule has 2 aromatic rings. The van der Waals surface area contributed by atoms with E-state index >= 15 is 0 Å². The average Bonchev–Trinajstić information content (AvgIpc) is 2.44. The lowest BCUT2D eigenvalue weighted by molar-refractivity contribution is -0.116. The maximum Gasteiger partial charge on any atom is 0.347 e. The van der Waals surface area contributed by atoms with E-state index < -0.39 is 17.4 Å². The number of halogens is 1. The summed E-state index contributed by atoms with van der Waals surface area (Å²) < 4.78 is 14.8. The van der Waals surface area contributed by atoms with Crippen molar-refractivity contribution in [3.63, 3.8) is 0 Å². The van der Waals surface area contributed by atoms with E-state index in [1.807, 2.05) is 0 Å². The van der Waals surface area contributed by atoms with Crippen molar-refractivity contribution in [2.24, 2.45) is 0 Å². The SMILES string of the molecule is Cc1cnc(=O)n(CCC(=O)Nc2cc(N)ccc2F)c1.